The molecule has 3 heteroatoms. The second-order valence-electron chi connectivity index (χ2n) is 4.46. The Hall–Kier alpha value is -0.730. The summed E-state index contributed by atoms with van der Waals surface area (Å²) in [6.07, 6.45) is 1.14. The molecule has 0 bridgehead atoms. The average molecular weight is 240 g/mol. The summed E-state index contributed by atoms with van der Waals surface area (Å²) in [7, 11) is 1.72. The fourth-order valence-corrected chi connectivity index (χ4v) is 2.81. The molecule has 1 atom stereocenters. The predicted molar refractivity (Wildman–Crippen MR) is 67.7 cm³/mol. The second-order valence-corrected chi connectivity index (χ2v) is 4.84. The molecular formula is C13H18ClNO. The molecule has 0 aromatic heterocycles. The molecule has 1 fully saturated rings. The first-order valence-electron chi connectivity index (χ1n) is 5.69. The Morgan fingerprint density at radius 3 is 2.69 bits per heavy atom. The van der Waals surface area contributed by atoms with Gasteiger partial charge < -0.3 is 10.1 Å². The summed E-state index contributed by atoms with van der Waals surface area (Å²) < 4.78 is 5.51. The molecule has 1 unspecified atom stereocenters. The standard InChI is InChI=1S/C13H18ClNO/c1-8-6-9(2)13(16-3)11(12(8)14)10-4-5-15-7-10/h6,10,15H,4-5,7H2,1-3H3. The van der Waals surface area contributed by atoms with E-state index in [1.54, 1.807) is 7.11 Å². The van der Waals surface area contributed by atoms with Crippen LogP contribution >= 0.6 is 11.6 Å². The highest BCUT2D eigenvalue weighted by atomic mass is 35.5. The Kier molecular flexibility index (Phi) is 3.41. The lowest BCUT2D eigenvalue weighted by molar-refractivity contribution is 0.403. The molecule has 0 spiro atoms. The highest BCUT2D eigenvalue weighted by Gasteiger charge is 2.25. The number of methoxy groups -OCH3 is 1. The zero-order chi connectivity index (χ0) is 11.7. The summed E-state index contributed by atoms with van der Waals surface area (Å²) in [6.45, 7) is 6.20. The lowest BCUT2D eigenvalue weighted by Crippen LogP contribution is -2.10. The second kappa shape index (κ2) is 4.64. The predicted octanol–water partition coefficient (Wildman–Crippen LogP) is 3.04. The Bertz CT molecular complexity index is 397. The first-order valence-corrected chi connectivity index (χ1v) is 6.07. The quantitative estimate of drug-likeness (QED) is 0.857. The maximum Gasteiger partial charge on any atom is 0.126 e. The fraction of sp³-hybridized carbons (Fsp3) is 0.538. The molecule has 2 nitrogen and oxygen atoms in total. The van der Waals surface area contributed by atoms with Crippen molar-refractivity contribution in [3.63, 3.8) is 0 Å². The number of hydrogen-bond donors (Lipinski definition) is 1. The molecule has 1 saturated heterocycles. The lowest BCUT2D eigenvalue weighted by Gasteiger charge is -2.19. The van der Waals surface area contributed by atoms with Gasteiger partial charge in [0.1, 0.15) is 5.75 Å². The van der Waals surface area contributed by atoms with E-state index in [-0.39, 0.29) is 0 Å². The summed E-state index contributed by atoms with van der Waals surface area (Å²) in [6, 6.07) is 2.09. The van der Waals surface area contributed by atoms with Gasteiger partial charge in [-0.1, -0.05) is 17.7 Å². The van der Waals surface area contributed by atoms with E-state index < -0.39 is 0 Å². The Morgan fingerprint density at radius 1 is 1.38 bits per heavy atom. The maximum atomic E-state index is 6.42. The summed E-state index contributed by atoms with van der Waals surface area (Å²) in [5.74, 6) is 1.45. The first kappa shape index (κ1) is 11.7. The smallest absolute Gasteiger partial charge is 0.126 e. The van der Waals surface area contributed by atoms with Crippen molar-refractivity contribution in [1.82, 2.24) is 5.32 Å². The zero-order valence-corrected chi connectivity index (χ0v) is 10.8. The summed E-state index contributed by atoms with van der Waals surface area (Å²) in [4.78, 5) is 0. The molecule has 1 aliphatic heterocycles. The largest absolute Gasteiger partial charge is 0.496 e. The zero-order valence-electron chi connectivity index (χ0n) is 10.1. The van der Waals surface area contributed by atoms with E-state index in [1.165, 1.54) is 11.1 Å². The molecule has 1 aromatic rings. The van der Waals surface area contributed by atoms with Crippen LogP contribution < -0.4 is 10.1 Å². The third-order valence-electron chi connectivity index (χ3n) is 3.29. The van der Waals surface area contributed by atoms with E-state index in [9.17, 15) is 0 Å². The van der Waals surface area contributed by atoms with E-state index >= 15 is 0 Å². The number of ether oxygens (including phenoxy) is 1. The van der Waals surface area contributed by atoms with E-state index in [1.807, 2.05) is 0 Å². The Balaban J connectivity index is 2.54. The molecule has 0 aliphatic carbocycles. The van der Waals surface area contributed by atoms with Gasteiger partial charge in [-0.2, -0.15) is 0 Å². The number of halogens is 1. The number of nitrogens with one attached hydrogen (secondary N) is 1. The van der Waals surface area contributed by atoms with E-state index in [4.69, 9.17) is 16.3 Å². The summed E-state index contributed by atoms with van der Waals surface area (Å²) in [5.41, 5.74) is 3.50. The molecule has 1 heterocycles. The van der Waals surface area contributed by atoms with Gasteiger partial charge in [-0.3, -0.25) is 0 Å². The van der Waals surface area contributed by atoms with E-state index in [2.05, 4.69) is 25.2 Å². The molecule has 88 valence electrons. The van der Waals surface area contributed by atoms with Gasteiger partial charge in [0.05, 0.1) is 12.1 Å². The molecule has 1 aromatic carbocycles. The fourth-order valence-electron chi connectivity index (χ4n) is 2.51. The molecule has 1 N–H and O–H groups in total. The van der Waals surface area contributed by atoms with Crippen molar-refractivity contribution < 1.29 is 4.74 Å². The van der Waals surface area contributed by atoms with Crippen molar-refractivity contribution in [3.05, 3.63) is 27.8 Å². The lowest BCUT2D eigenvalue weighted by atomic mass is 9.93. The molecule has 0 saturated carbocycles. The van der Waals surface area contributed by atoms with Crippen LogP contribution in [0.4, 0.5) is 0 Å². The van der Waals surface area contributed by atoms with Crippen LogP contribution in [0.5, 0.6) is 5.75 Å². The van der Waals surface area contributed by atoms with Crippen LogP contribution in [0.2, 0.25) is 5.02 Å². The van der Waals surface area contributed by atoms with Crippen molar-refractivity contribution in [3.8, 4) is 5.75 Å². The SMILES string of the molecule is COc1c(C)cc(C)c(Cl)c1C1CCNC1. The van der Waals surface area contributed by atoms with E-state index in [0.717, 1.165) is 35.8 Å². The monoisotopic (exact) mass is 239 g/mol. The average Bonchev–Trinajstić information content (AvgIpc) is 2.76. The van der Waals surface area contributed by atoms with Crippen molar-refractivity contribution in [1.29, 1.82) is 0 Å². The summed E-state index contributed by atoms with van der Waals surface area (Å²) >= 11 is 6.42. The minimum absolute atomic E-state index is 0.487. The van der Waals surface area contributed by atoms with Crippen molar-refractivity contribution in [2.45, 2.75) is 26.2 Å². The van der Waals surface area contributed by atoms with Crippen LogP contribution in [0.1, 0.15) is 29.0 Å². The van der Waals surface area contributed by atoms with Gasteiger partial charge in [0.2, 0.25) is 0 Å². The Morgan fingerprint density at radius 2 is 2.12 bits per heavy atom. The molecule has 0 radical (unpaired) electrons. The Labute approximate surface area is 102 Å². The van der Waals surface area contributed by atoms with Gasteiger partial charge in [-0.25, -0.2) is 0 Å². The van der Waals surface area contributed by atoms with Gasteiger partial charge in [0.15, 0.2) is 0 Å². The molecule has 16 heavy (non-hydrogen) atoms. The number of hydrogen-bond acceptors (Lipinski definition) is 2. The van der Waals surface area contributed by atoms with Gasteiger partial charge in [0, 0.05) is 18.0 Å². The summed E-state index contributed by atoms with van der Waals surface area (Å²) in [5, 5.41) is 4.25. The van der Waals surface area contributed by atoms with Gasteiger partial charge in [0.25, 0.3) is 0 Å². The van der Waals surface area contributed by atoms with Crippen molar-refractivity contribution in [2.24, 2.45) is 0 Å². The van der Waals surface area contributed by atoms with Crippen molar-refractivity contribution >= 4 is 11.6 Å². The van der Waals surface area contributed by atoms with Crippen LogP contribution in [0.25, 0.3) is 0 Å². The molecule has 0 amide bonds. The number of rotatable bonds is 2. The molecular weight excluding hydrogens is 222 g/mol. The third kappa shape index (κ3) is 1.92. The van der Waals surface area contributed by atoms with Crippen molar-refractivity contribution in [2.75, 3.05) is 20.2 Å². The minimum atomic E-state index is 0.487. The molecule has 2 rings (SSSR count). The van der Waals surface area contributed by atoms with Crippen LogP contribution in [0, 0.1) is 13.8 Å². The van der Waals surface area contributed by atoms with E-state index in [0.29, 0.717) is 5.92 Å². The maximum absolute atomic E-state index is 6.42. The topological polar surface area (TPSA) is 21.3 Å². The van der Waals surface area contributed by atoms with Gasteiger partial charge in [-0.05, 0) is 37.9 Å². The highest BCUT2D eigenvalue weighted by molar-refractivity contribution is 6.32. The number of aryl methyl sites for hydroxylation is 2. The van der Waals surface area contributed by atoms with Gasteiger partial charge in [-0.15, -0.1) is 0 Å². The number of benzene rings is 1. The van der Waals surface area contributed by atoms with Gasteiger partial charge >= 0.3 is 0 Å². The minimum Gasteiger partial charge on any atom is -0.496 e. The highest BCUT2D eigenvalue weighted by Crippen LogP contribution is 2.40. The normalized spacial score (nSPS) is 20.1. The van der Waals surface area contributed by atoms with Crippen LogP contribution in [0.3, 0.4) is 0 Å². The third-order valence-corrected chi connectivity index (χ3v) is 3.79. The van der Waals surface area contributed by atoms with Crippen LogP contribution in [-0.4, -0.2) is 20.2 Å². The van der Waals surface area contributed by atoms with Crippen LogP contribution in [0.15, 0.2) is 6.07 Å². The molecule has 1 aliphatic rings. The first-order chi connectivity index (χ1) is 7.65. The van der Waals surface area contributed by atoms with Crippen LogP contribution in [-0.2, 0) is 0 Å².